The molecule has 1 atom stereocenters. The summed E-state index contributed by atoms with van der Waals surface area (Å²) in [6.45, 7) is 3.19. The first-order chi connectivity index (χ1) is 9.99. The molecule has 1 fully saturated rings. The summed E-state index contributed by atoms with van der Waals surface area (Å²) in [6, 6.07) is 4.32. The molecule has 1 amide bonds. The Kier molecular flexibility index (Phi) is 5.52. The number of amides is 1. The fourth-order valence-corrected chi connectivity index (χ4v) is 2.60. The molecule has 1 unspecified atom stereocenters. The molecule has 2 rings (SSSR count). The quantitative estimate of drug-likeness (QED) is 0.870. The number of nitrogens with one attached hydrogen (secondary N) is 1. The van der Waals surface area contributed by atoms with E-state index in [1.807, 2.05) is 11.9 Å². The number of carbonyl (C=O) groups excluding carboxylic acids is 1. The number of anilines is 1. The molecule has 116 valence electrons. The second-order valence-corrected chi connectivity index (χ2v) is 5.73. The van der Waals surface area contributed by atoms with Crippen molar-refractivity contribution in [3.05, 3.63) is 29.0 Å². The molecule has 0 aromatic heterocycles. The first kappa shape index (κ1) is 16.2. The maximum Gasteiger partial charge on any atom is 0.238 e. The highest BCUT2D eigenvalue weighted by atomic mass is 35.5. The Bertz CT molecular complexity index is 514. The zero-order valence-corrected chi connectivity index (χ0v) is 12.7. The summed E-state index contributed by atoms with van der Waals surface area (Å²) >= 11 is 5.68. The number of likely N-dealkylation sites (N-methyl/N-ethyl adjacent to an activating group) is 1. The van der Waals surface area contributed by atoms with Gasteiger partial charge in [-0.05, 0) is 25.2 Å². The number of rotatable bonds is 4. The zero-order chi connectivity index (χ0) is 15.4. The molecule has 5 nitrogen and oxygen atoms in total. The third kappa shape index (κ3) is 4.38. The van der Waals surface area contributed by atoms with E-state index >= 15 is 0 Å². The van der Waals surface area contributed by atoms with Crippen LogP contribution in [0.3, 0.4) is 0 Å². The van der Waals surface area contributed by atoms with E-state index in [2.05, 4.69) is 10.2 Å². The van der Waals surface area contributed by atoms with E-state index in [4.69, 9.17) is 17.3 Å². The smallest absolute Gasteiger partial charge is 0.238 e. The van der Waals surface area contributed by atoms with E-state index in [1.165, 1.54) is 12.1 Å². The molecule has 21 heavy (non-hydrogen) atoms. The summed E-state index contributed by atoms with van der Waals surface area (Å²) < 4.78 is 13.6. The molecular formula is C14H20ClFN4O. The van der Waals surface area contributed by atoms with Crippen LogP contribution >= 0.6 is 11.6 Å². The normalized spacial score (nSPS) is 20.5. The van der Waals surface area contributed by atoms with Gasteiger partial charge in [0.05, 0.1) is 12.2 Å². The Morgan fingerprint density at radius 1 is 1.52 bits per heavy atom. The largest absolute Gasteiger partial charge is 0.329 e. The van der Waals surface area contributed by atoms with Crippen LogP contribution in [0.1, 0.15) is 0 Å². The van der Waals surface area contributed by atoms with Crippen molar-refractivity contribution in [3.8, 4) is 0 Å². The minimum Gasteiger partial charge on any atom is -0.329 e. The minimum atomic E-state index is -0.537. The van der Waals surface area contributed by atoms with Gasteiger partial charge >= 0.3 is 0 Å². The van der Waals surface area contributed by atoms with Crippen LogP contribution in [0.4, 0.5) is 10.1 Å². The molecule has 0 radical (unpaired) electrons. The number of hydrogen-bond donors (Lipinski definition) is 2. The van der Waals surface area contributed by atoms with Crippen molar-refractivity contribution < 1.29 is 9.18 Å². The lowest BCUT2D eigenvalue weighted by Gasteiger charge is -2.39. The van der Waals surface area contributed by atoms with Gasteiger partial charge in [-0.1, -0.05) is 11.6 Å². The van der Waals surface area contributed by atoms with Gasteiger partial charge in [0.15, 0.2) is 0 Å². The Hall–Kier alpha value is -1.21. The van der Waals surface area contributed by atoms with E-state index in [0.29, 0.717) is 11.6 Å². The predicted molar refractivity (Wildman–Crippen MR) is 82.0 cm³/mol. The maximum absolute atomic E-state index is 13.6. The van der Waals surface area contributed by atoms with E-state index < -0.39 is 5.82 Å². The Labute approximate surface area is 128 Å². The second-order valence-electron chi connectivity index (χ2n) is 5.29. The molecule has 0 spiro atoms. The Morgan fingerprint density at radius 3 is 2.95 bits per heavy atom. The number of hydrogen-bond acceptors (Lipinski definition) is 4. The summed E-state index contributed by atoms with van der Waals surface area (Å²) in [5.74, 6) is -0.788. The van der Waals surface area contributed by atoms with Crippen LogP contribution in [0.2, 0.25) is 5.02 Å². The number of nitrogens with two attached hydrogens (primary N) is 1. The summed E-state index contributed by atoms with van der Waals surface area (Å²) in [5.41, 5.74) is 5.89. The molecule has 1 aromatic rings. The van der Waals surface area contributed by atoms with E-state index in [-0.39, 0.29) is 24.2 Å². The topological polar surface area (TPSA) is 61.6 Å². The van der Waals surface area contributed by atoms with Crippen molar-refractivity contribution in [1.29, 1.82) is 0 Å². The number of carbonyl (C=O) groups is 1. The van der Waals surface area contributed by atoms with Crippen LogP contribution in [0.5, 0.6) is 0 Å². The summed E-state index contributed by atoms with van der Waals surface area (Å²) in [6.07, 6.45) is 0. The van der Waals surface area contributed by atoms with E-state index in [1.54, 1.807) is 6.07 Å². The number of nitrogens with zero attached hydrogens (tertiary/aromatic N) is 2. The summed E-state index contributed by atoms with van der Waals surface area (Å²) in [5, 5.41) is 2.87. The second kappa shape index (κ2) is 7.17. The van der Waals surface area contributed by atoms with Gasteiger partial charge in [-0.15, -0.1) is 0 Å². The van der Waals surface area contributed by atoms with Gasteiger partial charge in [0.1, 0.15) is 5.82 Å². The lowest BCUT2D eigenvalue weighted by Crippen LogP contribution is -2.56. The highest BCUT2D eigenvalue weighted by molar-refractivity contribution is 6.30. The van der Waals surface area contributed by atoms with Crippen LogP contribution < -0.4 is 11.1 Å². The van der Waals surface area contributed by atoms with Crippen LogP contribution in [-0.4, -0.2) is 61.5 Å². The van der Waals surface area contributed by atoms with Crippen molar-refractivity contribution in [2.24, 2.45) is 5.73 Å². The molecule has 1 saturated heterocycles. The number of halogens is 2. The molecule has 7 heteroatoms. The minimum absolute atomic E-state index is 0.142. The fourth-order valence-electron chi connectivity index (χ4n) is 2.45. The SMILES string of the molecule is CN1CCN(CC(=O)Nc2ccc(Cl)cc2F)C(CN)C1. The standard InChI is InChI=1S/C14H20ClFN4O/c1-19-4-5-20(11(7-17)8-19)9-14(21)18-13-3-2-10(15)6-12(13)16/h2-3,6,11H,4-5,7-9,17H2,1H3,(H,18,21). The van der Waals surface area contributed by atoms with Crippen LogP contribution in [0.25, 0.3) is 0 Å². The van der Waals surface area contributed by atoms with E-state index in [9.17, 15) is 9.18 Å². The fraction of sp³-hybridized carbons (Fsp3) is 0.500. The molecule has 0 saturated carbocycles. The Morgan fingerprint density at radius 2 is 2.29 bits per heavy atom. The molecule has 1 aliphatic heterocycles. The average molecular weight is 315 g/mol. The third-order valence-electron chi connectivity index (χ3n) is 3.63. The van der Waals surface area contributed by atoms with Crippen molar-refractivity contribution >= 4 is 23.2 Å². The highest BCUT2D eigenvalue weighted by Crippen LogP contribution is 2.19. The molecule has 1 heterocycles. The maximum atomic E-state index is 13.6. The van der Waals surface area contributed by atoms with Crippen molar-refractivity contribution in [2.45, 2.75) is 6.04 Å². The number of benzene rings is 1. The van der Waals surface area contributed by atoms with Crippen molar-refractivity contribution in [1.82, 2.24) is 9.80 Å². The zero-order valence-electron chi connectivity index (χ0n) is 12.0. The average Bonchev–Trinajstić information content (AvgIpc) is 2.44. The summed E-state index contributed by atoms with van der Waals surface area (Å²) in [7, 11) is 2.03. The Balaban J connectivity index is 1.94. The van der Waals surface area contributed by atoms with Gasteiger partial charge in [0.25, 0.3) is 0 Å². The summed E-state index contributed by atoms with van der Waals surface area (Å²) in [4.78, 5) is 16.3. The molecular weight excluding hydrogens is 295 g/mol. The van der Waals surface area contributed by atoms with Gasteiger partial charge in [0, 0.05) is 37.2 Å². The molecule has 1 aliphatic rings. The lowest BCUT2D eigenvalue weighted by molar-refractivity contribution is -0.118. The first-order valence-corrected chi connectivity index (χ1v) is 7.25. The lowest BCUT2D eigenvalue weighted by atomic mass is 10.1. The van der Waals surface area contributed by atoms with Crippen molar-refractivity contribution in [3.63, 3.8) is 0 Å². The van der Waals surface area contributed by atoms with Gasteiger partial charge in [-0.3, -0.25) is 9.69 Å². The highest BCUT2D eigenvalue weighted by Gasteiger charge is 2.25. The molecule has 1 aromatic carbocycles. The predicted octanol–water partition coefficient (Wildman–Crippen LogP) is 0.992. The molecule has 3 N–H and O–H groups in total. The molecule has 0 aliphatic carbocycles. The van der Waals surface area contributed by atoms with Crippen LogP contribution in [0.15, 0.2) is 18.2 Å². The number of piperazine rings is 1. The van der Waals surface area contributed by atoms with E-state index in [0.717, 1.165) is 19.6 Å². The van der Waals surface area contributed by atoms with Gasteiger partial charge < -0.3 is 16.0 Å². The first-order valence-electron chi connectivity index (χ1n) is 6.87. The van der Waals surface area contributed by atoms with Crippen molar-refractivity contribution in [2.75, 3.05) is 45.1 Å². The molecule has 0 bridgehead atoms. The van der Waals surface area contributed by atoms with Crippen LogP contribution in [0, 0.1) is 5.82 Å². The third-order valence-corrected chi connectivity index (χ3v) is 3.87. The van der Waals surface area contributed by atoms with Crippen LogP contribution in [-0.2, 0) is 4.79 Å². The van der Waals surface area contributed by atoms with Gasteiger partial charge in [-0.25, -0.2) is 4.39 Å². The monoisotopic (exact) mass is 314 g/mol. The van der Waals surface area contributed by atoms with Gasteiger partial charge in [0.2, 0.25) is 5.91 Å². The van der Waals surface area contributed by atoms with Gasteiger partial charge in [-0.2, -0.15) is 0 Å².